The molecule has 0 fully saturated rings. The first kappa shape index (κ1) is 17.9. The molecule has 0 aromatic carbocycles. The maximum Gasteiger partial charge on any atom is 0.431 e. The number of H-pyrrole nitrogens is 1. The average molecular weight is 384 g/mol. The van der Waals surface area contributed by atoms with E-state index in [1.54, 1.807) is 36.5 Å². The molecule has 0 atom stereocenters. The quantitative estimate of drug-likeness (QED) is 0.690. The first-order valence-electron chi connectivity index (χ1n) is 7.56. The fraction of sp³-hybridized carbons (Fsp3) is 0.158. The Morgan fingerprint density at radius 3 is 1.96 bits per heavy atom. The molecule has 2 aliphatic carbocycles. The molecule has 1 aromatic heterocycles. The topological polar surface area (TPSA) is 15.8 Å². The number of rotatable bonds is 1. The fourth-order valence-electron chi connectivity index (χ4n) is 2.93. The minimum atomic E-state index is -4.50. The van der Waals surface area contributed by atoms with Crippen molar-refractivity contribution in [2.45, 2.75) is 19.0 Å². The van der Waals surface area contributed by atoms with Gasteiger partial charge in [0.15, 0.2) is 0 Å². The SMILES string of the molecule is C=Cc1c(C(F)(F)F)[nH]c(=C2C=CC(Cl)=CC2)c1=C1C=CC(Cl)=CC1. The van der Waals surface area contributed by atoms with Gasteiger partial charge in [0.05, 0.1) is 5.35 Å². The molecule has 0 saturated carbocycles. The third-order valence-electron chi connectivity index (χ3n) is 4.09. The van der Waals surface area contributed by atoms with Gasteiger partial charge < -0.3 is 4.98 Å². The highest BCUT2D eigenvalue weighted by atomic mass is 35.5. The first-order valence-corrected chi connectivity index (χ1v) is 8.32. The summed E-state index contributed by atoms with van der Waals surface area (Å²) < 4.78 is 40.5. The maximum absolute atomic E-state index is 13.5. The standard InChI is InChI=1S/C19H14Cl2F3N/c1-2-15-16(11-3-7-13(20)8-4-11)17(25-18(15)19(22,23)24)12-5-9-14(21)10-6-12/h2-3,5,7-10,25H,1,4,6H2. The van der Waals surface area contributed by atoms with Crippen molar-refractivity contribution in [3.8, 4) is 0 Å². The summed E-state index contributed by atoms with van der Waals surface area (Å²) in [6.07, 6.45) is 8.00. The number of alkyl halides is 3. The Kier molecular flexibility index (Phi) is 4.85. The van der Waals surface area contributed by atoms with Crippen LogP contribution in [0.2, 0.25) is 0 Å². The lowest BCUT2D eigenvalue weighted by Gasteiger charge is -2.07. The molecule has 2 aliphatic rings. The second-order valence-electron chi connectivity index (χ2n) is 5.67. The summed E-state index contributed by atoms with van der Waals surface area (Å²) in [5, 5.41) is 2.07. The third-order valence-corrected chi connectivity index (χ3v) is 4.65. The Labute approximate surface area is 152 Å². The third kappa shape index (κ3) is 3.55. The second kappa shape index (κ2) is 6.77. The van der Waals surface area contributed by atoms with Gasteiger partial charge >= 0.3 is 6.18 Å². The van der Waals surface area contributed by atoms with Gasteiger partial charge in [-0.25, -0.2) is 0 Å². The largest absolute Gasteiger partial charge is 0.431 e. The lowest BCUT2D eigenvalue weighted by Crippen LogP contribution is -2.29. The van der Waals surface area contributed by atoms with E-state index in [-0.39, 0.29) is 5.56 Å². The van der Waals surface area contributed by atoms with Crippen LogP contribution in [0.15, 0.2) is 53.1 Å². The second-order valence-corrected chi connectivity index (χ2v) is 6.54. The molecule has 25 heavy (non-hydrogen) atoms. The van der Waals surface area contributed by atoms with E-state index in [9.17, 15) is 13.2 Å². The van der Waals surface area contributed by atoms with Crippen LogP contribution in [0.4, 0.5) is 13.2 Å². The Morgan fingerprint density at radius 2 is 1.52 bits per heavy atom. The van der Waals surface area contributed by atoms with Gasteiger partial charge in [0.1, 0.15) is 5.69 Å². The molecule has 130 valence electrons. The van der Waals surface area contributed by atoms with Crippen molar-refractivity contribution < 1.29 is 13.2 Å². The van der Waals surface area contributed by atoms with Gasteiger partial charge in [-0.3, -0.25) is 0 Å². The van der Waals surface area contributed by atoms with Gasteiger partial charge in [0.2, 0.25) is 0 Å². The number of aromatic amines is 1. The minimum absolute atomic E-state index is 0.0510. The molecule has 0 unspecified atom stereocenters. The van der Waals surface area contributed by atoms with Gasteiger partial charge in [0, 0.05) is 20.8 Å². The zero-order valence-corrected chi connectivity index (χ0v) is 14.6. The van der Waals surface area contributed by atoms with Gasteiger partial charge in [-0.1, -0.05) is 60.2 Å². The molecule has 1 aromatic rings. The summed E-state index contributed by atoms with van der Waals surface area (Å²) in [4.78, 5) is 2.57. The van der Waals surface area contributed by atoms with Gasteiger partial charge in [-0.05, 0) is 36.1 Å². The smallest absolute Gasteiger partial charge is 0.350 e. The highest BCUT2D eigenvalue weighted by molar-refractivity contribution is 6.31. The molecule has 6 heteroatoms. The summed E-state index contributed by atoms with van der Waals surface area (Å²) in [7, 11) is 0. The highest BCUT2D eigenvalue weighted by Gasteiger charge is 2.35. The van der Waals surface area contributed by atoms with Crippen molar-refractivity contribution in [1.29, 1.82) is 0 Å². The van der Waals surface area contributed by atoms with E-state index < -0.39 is 11.9 Å². The van der Waals surface area contributed by atoms with E-state index in [4.69, 9.17) is 23.2 Å². The van der Waals surface area contributed by atoms with Crippen LogP contribution in [0.3, 0.4) is 0 Å². The lowest BCUT2D eigenvalue weighted by atomic mass is 9.99. The van der Waals surface area contributed by atoms with Crippen molar-refractivity contribution in [2.75, 3.05) is 0 Å². The van der Waals surface area contributed by atoms with E-state index in [0.29, 0.717) is 33.5 Å². The van der Waals surface area contributed by atoms with Gasteiger partial charge in [0.25, 0.3) is 0 Å². The average Bonchev–Trinajstić information content (AvgIpc) is 2.96. The molecule has 0 radical (unpaired) electrons. The molecule has 0 spiro atoms. The number of hydrogen-bond acceptors (Lipinski definition) is 0. The van der Waals surface area contributed by atoms with Crippen LogP contribution in [0.1, 0.15) is 24.1 Å². The zero-order valence-electron chi connectivity index (χ0n) is 13.1. The van der Waals surface area contributed by atoms with Crippen LogP contribution in [0, 0.1) is 0 Å². The number of allylic oxidation sites excluding steroid dienone is 8. The number of hydrogen-bond donors (Lipinski definition) is 1. The monoisotopic (exact) mass is 383 g/mol. The maximum atomic E-state index is 13.5. The predicted octanol–water partition coefficient (Wildman–Crippen LogP) is 5.14. The van der Waals surface area contributed by atoms with Crippen molar-refractivity contribution in [1.82, 2.24) is 4.98 Å². The first-order chi connectivity index (χ1) is 11.8. The van der Waals surface area contributed by atoms with Gasteiger partial charge in [-0.2, -0.15) is 13.2 Å². The number of halogens is 5. The molecule has 0 bridgehead atoms. The highest BCUT2D eigenvalue weighted by Crippen LogP contribution is 2.30. The van der Waals surface area contributed by atoms with E-state index in [1.165, 1.54) is 6.08 Å². The number of nitrogens with one attached hydrogen (secondary N) is 1. The number of aromatic nitrogens is 1. The molecule has 1 nitrogen and oxygen atoms in total. The van der Waals surface area contributed by atoms with Crippen LogP contribution in [0.25, 0.3) is 17.2 Å². The predicted molar refractivity (Wildman–Crippen MR) is 97.3 cm³/mol. The van der Waals surface area contributed by atoms with Crippen molar-refractivity contribution in [2.24, 2.45) is 0 Å². The molecule has 3 rings (SSSR count). The van der Waals surface area contributed by atoms with E-state index in [0.717, 1.165) is 11.1 Å². The Hall–Kier alpha value is -1.91. The minimum Gasteiger partial charge on any atom is -0.350 e. The summed E-state index contributed by atoms with van der Waals surface area (Å²) in [6.45, 7) is 3.59. The molecule has 1 N–H and O–H groups in total. The fourth-order valence-corrected chi connectivity index (χ4v) is 3.22. The molecule has 0 amide bonds. The Bertz CT molecular complexity index is 970. The van der Waals surface area contributed by atoms with Crippen molar-refractivity contribution in [3.05, 3.63) is 74.9 Å². The Morgan fingerprint density at radius 1 is 0.960 bits per heavy atom. The zero-order chi connectivity index (χ0) is 18.2. The van der Waals surface area contributed by atoms with Crippen LogP contribution in [-0.4, -0.2) is 4.98 Å². The van der Waals surface area contributed by atoms with Crippen LogP contribution in [-0.2, 0) is 6.18 Å². The lowest BCUT2D eigenvalue weighted by molar-refractivity contribution is -0.141. The molecular weight excluding hydrogens is 370 g/mol. The van der Waals surface area contributed by atoms with E-state index in [2.05, 4.69) is 11.6 Å². The summed E-state index contributed by atoms with van der Waals surface area (Å²) in [5.41, 5.74) is 0.743. The molecule has 0 aliphatic heterocycles. The van der Waals surface area contributed by atoms with Crippen molar-refractivity contribution >= 4 is 40.4 Å². The Balaban J connectivity index is 2.41. The van der Waals surface area contributed by atoms with Crippen LogP contribution < -0.4 is 10.6 Å². The molecule has 1 heterocycles. The molecule has 0 saturated heterocycles. The van der Waals surface area contributed by atoms with Crippen LogP contribution in [0.5, 0.6) is 0 Å². The van der Waals surface area contributed by atoms with Crippen molar-refractivity contribution in [3.63, 3.8) is 0 Å². The summed E-state index contributed by atoms with van der Waals surface area (Å²) >= 11 is 11.9. The van der Waals surface area contributed by atoms with Crippen LogP contribution >= 0.6 is 23.2 Å². The normalized spacial score (nSPS) is 22.0. The van der Waals surface area contributed by atoms with E-state index >= 15 is 0 Å². The summed E-state index contributed by atoms with van der Waals surface area (Å²) in [6, 6.07) is 0. The summed E-state index contributed by atoms with van der Waals surface area (Å²) in [5.74, 6) is 0. The molecular formula is C19H14Cl2F3N. The van der Waals surface area contributed by atoms with E-state index in [1.807, 2.05) is 0 Å². The van der Waals surface area contributed by atoms with Gasteiger partial charge in [-0.15, -0.1) is 0 Å².